The number of aromatic amines is 1. The van der Waals surface area contributed by atoms with Crippen LogP contribution in [0, 0.1) is 5.82 Å². The summed E-state index contributed by atoms with van der Waals surface area (Å²) < 4.78 is 15.7. The number of amides is 1. The second-order valence-electron chi connectivity index (χ2n) is 7.25. The molecule has 2 N–H and O–H groups in total. The summed E-state index contributed by atoms with van der Waals surface area (Å²) >= 11 is 0. The van der Waals surface area contributed by atoms with Crippen LogP contribution in [0.4, 0.5) is 10.1 Å². The van der Waals surface area contributed by atoms with E-state index in [0.717, 1.165) is 16.6 Å². The van der Waals surface area contributed by atoms with E-state index in [9.17, 15) is 9.18 Å². The van der Waals surface area contributed by atoms with Gasteiger partial charge in [-0.3, -0.25) is 4.79 Å². The van der Waals surface area contributed by atoms with Crippen molar-refractivity contribution in [1.82, 2.24) is 25.0 Å². The van der Waals surface area contributed by atoms with Crippen molar-refractivity contribution in [3.8, 4) is 0 Å². The summed E-state index contributed by atoms with van der Waals surface area (Å²) in [4.78, 5) is 20.4. The number of benzene rings is 3. The molecule has 0 bridgehead atoms. The first-order valence-electron chi connectivity index (χ1n) is 9.97. The zero-order valence-electron chi connectivity index (χ0n) is 16.8. The second-order valence-corrected chi connectivity index (χ2v) is 7.25. The summed E-state index contributed by atoms with van der Waals surface area (Å²) in [5.41, 5.74) is 4.80. The minimum atomic E-state index is -0.258. The second kappa shape index (κ2) is 7.64. The predicted octanol–water partition coefficient (Wildman–Crippen LogP) is 4.31. The molecule has 0 aliphatic rings. The summed E-state index contributed by atoms with van der Waals surface area (Å²) in [5, 5.41) is 11.1. The molecule has 5 aromatic rings. The first kappa shape index (κ1) is 18.9. The topological polar surface area (TPSA) is 88.5 Å². The van der Waals surface area contributed by atoms with E-state index in [-0.39, 0.29) is 11.7 Å². The Labute approximate surface area is 176 Å². The van der Waals surface area contributed by atoms with Crippen LogP contribution in [0.3, 0.4) is 0 Å². The number of carbonyl (C=O) groups is 1. The average molecular weight is 414 g/mol. The molecule has 0 aliphatic carbocycles. The molecule has 3 aromatic carbocycles. The van der Waals surface area contributed by atoms with Gasteiger partial charge in [0.2, 0.25) is 0 Å². The van der Waals surface area contributed by atoms with Gasteiger partial charge >= 0.3 is 0 Å². The Morgan fingerprint density at radius 3 is 2.81 bits per heavy atom. The maximum absolute atomic E-state index is 13.9. The number of hydrogen-bond acceptors (Lipinski definition) is 4. The van der Waals surface area contributed by atoms with E-state index in [1.165, 1.54) is 6.07 Å². The van der Waals surface area contributed by atoms with Crippen LogP contribution in [-0.2, 0) is 13.0 Å². The lowest BCUT2D eigenvalue weighted by Gasteiger charge is -2.05. The van der Waals surface area contributed by atoms with Crippen molar-refractivity contribution in [3.05, 3.63) is 83.4 Å². The molecule has 0 saturated carbocycles. The highest BCUT2D eigenvalue weighted by Crippen LogP contribution is 2.21. The maximum Gasteiger partial charge on any atom is 0.255 e. The van der Waals surface area contributed by atoms with Crippen molar-refractivity contribution in [3.63, 3.8) is 0 Å². The Morgan fingerprint density at radius 1 is 1.10 bits per heavy atom. The third-order valence-electron chi connectivity index (χ3n) is 5.18. The monoisotopic (exact) mass is 414 g/mol. The fourth-order valence-electron chi connectivity index (χ4n) is 3.60. The lowest BCUT2D eigenvalue weighted by Crippen LogP contribution is -2.11. The zero-order valence-corrected chi connectivity index (χ0v) is 16.8. The normalized spacial score (nSPS) is 11.3. The minimum absolute atomic E-state index is 0.238. The molecule has 0 fully saturated rings. The number of carbonyl (C=O) groups excluding carboxylic acids is 1. The molecule has 2 heterocycles. The van der Waals surface area contributed by atoms with E-state index in [4.69, 9.17) is 0 Å². The van der Waals surface area contributed by atoms with Crippen LogP contribution in [0.2, 0.25) is 0 Å². The molecule has 7 nitrogen and oxygen atoms in total. The number of anilines is 1. The molecule has 1 amide bonds. The molecule has 0 aliphatic heterocycles. The summed E-state index contributed by atoms with van der Waals surface area (Å²) in [6, 6.07) is 17.4. The van der Waals surface area contributed by atoms with Gasteiger partial charge < -0.3 is 10.3 Å². The Morgan fingerprint density at radius 2 is 1.97 bits per heavy atom. The van der Waals surface area contributed by atoms with Gasteiger partial charge in [-0.2, -0.15) is 0 Å². The number of H-pyrrole nitrogens is 1. The van der Waals surface area contributed by atoms with Crippen LogP contribution in [-0.4, -0.2) is 30.9 Å². The SMILES string of the molecule is CCn1nnc2cc(C(=O)Nc3ccc4nc(Cc5ccccc5F)[nH]c4c3)ccc21. The number of aromatic nitrogens is 5. The van der Waals surface area contributed by atoms with E-state index in [0.29, 0.717) is 41.1 Å². The number of nitrogens with one attached hydrogen (secondary N) is 2. The molecular weight excluding hydrogens is 395 g/mol. The molecule has 5 rings (SSSR count). The Kier molecular flexibility index (Phi) is 4.66. The largest absolute Gasteiger partial charge is 0.342 e. The van der Waals surface area contributed by atoms with Gasteiger partial charge in [0.15, 0.2) is 0 Å². The molecule has 0 spiro atoms. The van der Waals surface area contributed by atoms with E-state index in [1.807, 2.05) is 25.1 Å². The molecule has 8 heteroatoms. The number of halogens is 1. The average Bonchev–Trinajstić information content (AvgIpc) is 3.37. The Hall–Kier alpha value is -4.07. The fraction of sp³-hybridized carbons (Fsp3) is 0.130. The summed E-state index contributed by atoms with van der Waals surface area (Å²) in [6.07, 6.45) is 0.363. The summed E-state index contributed by atoms with van der Waals surface area (Å²) in [7, 11) is 0. The molecule has 2 aromatic heterocycles. The van der Waals surface area contributed by atoms with Crippen LogP contribution in [0.1, 0.15) is 28.7 Å². The van der Waals surface area contributed by atoms with Crippen LogP contribution in [0.25, 0.3) is 22.1 Å². The van der Waals surface area contributed by atoms with Crippen LogP contribution in [0.15, 0.2) is 60.7 Å². The summed E-state index contributed by atoms with van der Waals surface area (Å²) in [5.74, 6) is 0.165. The minimum Gasteiger partial charge on any atom is -0.342 e. The Balaban J connectivity index is 1.36. The van der Waals surface area contributed by atoms with Gasteiger partial charge in [0.05, 0.1) is 16.6 Å². The molecule has 0 unspecified atom stereocenters. The number of nitrogens with zero attached hydrogens (tertiary/aromatic N) is 4. The van der Waals surface area contributed by atoms with E-state index >= 15 is 0 Å². The predicted molar refractivity (Wildman–Crippen MR) is 116 cm³/mol. The first-order valence-corrected chi connectivity index (χ1v) is 9.97. The van der Waals surface area contributed by atoms with Crippen LogP contribution in [0.5, 0.6) is 0 Å². The lowest BCUT2D eigenvalue weighted by molar-refractivity contribution is 0.102. The van der Waals surface area contributed by atoms with Gasteiger partial charge in [-0.15, -0.1) is 5.10 Å². The smallest absolute Gasteiger partial charge is 0.255 e. The standard InChI is InChI=1S/C23H19FN6O/c1-2-30-21-10-7-15(11-20(21)28-29-30)23(31)25-16-8-9-18-19(13-16)27-22(26-18)12-14-5-3-4-6-17(14)24/h3-11,13H,2,12H2,1H3,(H,25,31)(H,26,27). The van der Waals surface area contributed by atoms with Crippen molar-refractivity contribution in [1.29, 1.82) is 0 Å². The highest BCUT2D eigenvalue weighted by molar-refractivity contribution is 6.06. The van der Waals surface area contributed by atoms with Gasteiger partial charge in [0.1, 0.15) is 17.2 Å². The fourth-order valence-corrected chi connectivity index (χ4v) is 3.60. The van der Waals surface area contributed by atoms with Gasteiger partial charge in [-0.1, -0.05) is 23.4 Å². The van der Waals surface area contributed by atoms with Gasteiger partial charge in [-0.25, -0.2) is 14.1 Å². The lowest BCUT2D eigenvalue weighted by atomic mass is 10.1. The maximum atomic E-state index is 13.9. The number of imidazole rings is 1. The first-order chi connectivity index (χ1) is 15.1. The number of aryl methyl sites for hydroxylation is 1. The number of rotatable bonds is 5. The number of hydrogen-bond donors (Lipinski definition) is 2. The van der Waals surface area contributed by atoms with E-state index in [2.05, 4.69) is 25.6 Å². The third kappa shape index (κ3) is 3.63. The van der Waals surface area contributed by atoms with Crippen LogP contribution < -0.4 is 5.32 Å². The molecule has 31 heavy (non-hydrogen) atoms. The molecular formula is C23H19FN6O. The molecule has 0 radical (unpaired) electrons. The number of fused-ring (bicyclic) bond motifs is 2. The highest BCUT2D eigenvalue weighted by atomic mass is 19.1. The third-order valence-corrected chi connectivity index (χ3v) is 5.18. The van der Waals surface area contributed by atoms with Crippen molar-refractivity contribution < 1.29 is 9.18 Å². The van der Waals surface area contributed by atoms with Crippen molar-refractivity contribution in [2.75, 3.05) is 5.32 Å². The quantitative estimate of drug-likeness (QED) is 0.449. The van der Waals surface area contributed by atoms with Gasteiger partial charge in [0, 0.05) is 24.2 Å². The van der Waals surface area contributed by atoms with Crippen molar-refractivity contribution in [2.45, 2.75) is 19.9 Å². The van der Waals surface area contributed by atoms with Crippen molar-refractivity contribution >= 4 is 33.7 Å². The van der Waals surface area contributed by atoms with Crippen molar-refractivity contribution in [2.24, 2.45) is 0 Å². The van der Waals surface area contributed by atoms with Gasteiger partial charge in [-0.05, 0) is 55.0 Å². The van der Waals surface area contributed by atoms with E-state index < -0.39 is 0 Å². The molecule has 0 atom stereocenters. The molecule has 0 saturated heterocycles. The van der Waals surface area contributed by atoms with Gasteiger partial charge in [0.25, 0.3) is 5.91 Å². The van der Waals surface area contributed by atoms with Crippen LogP contribution >= 0.6 is 0 Å². The Bertz CT molecular complexity index is 1420. The van der Waals surface area contributed by atoms with E-state index in [1.54, 1.807) is 41.1 Å². The summed E-state index contributed by atoms with van der Waals surface area (Å²) in [6.45, 7) is 2.70. The highest BCUT2D eigenvalue weighted by Gasteiger charge is 2.12. The molecule has 154 valence electrons. The zero-order chi connectivity index (χ0) is 21.4.